The van der Waals surface area contributed by atoms with Crippen molar-refractivity contribution in [2.45, 2.75) is 6.54 Å². The van der Waals surface area contributed by atoms with Crippen molar-refractivity contribution in [1.29, 1.82) is 0 Å². The maximum absolute atomic E-state index is 6.20. The lowest BCUT2D eigenvalue weighted by atomic mass is 10.2. The molecular formula is C20H19Cl2N3O2. The number of nitrogens with one attached hydrogen (secondary N) is 1. The molecule has 1 aromatic heterocycles. The van der Waals surface area contributed by atoms with E-state index in [1.807, 2.05) is 42.5 Å². The molecule has 7 heteroatoms. The summed E-state index contributed by atoms with van der Waals surface area (Å²) < 4.78 is 11.3. The average Bonchev–Trinajstić information content (AvgIpc) is 3.16. The van der Waals surface area contributed by atoms with Crippen LogP contribution in [0.2, 0.25) is 10.0 Å². The molecule has 0 radical (unpaired) electrons. The number of benzene rings is 2. The minimum Gasteiger partial charge on any atom is -0.439 e. The molecule has 27 heavy (non-hydrogen) atoms. The van der Waals surface area contributed by atoms with Gasteiger partial charge in [-0.05, 0) is 30.3 Å². The molecule has 1 aliphatic heterocycles. The van der Waals surface area contributed by atoms with Crippen molar-refractivity contribution in [3.63, 3.8) is 0 Å². The molecule has 0 bridgehead atoms. The Bertz CT molecular complexity index is 923. The van der Waals surface area contributed by atoms with Crippen LogP contribution in [0.4, 0.5) is 11.4 Å². The van der Waals surface area contributed by atoms with Gasteiger partial charge in [0.1, 0.15) is 0 Å². The summed E-state index contributed by atoms with van der Waals surface area (Å²) in [5.74, 6) is 1.28. The zero-order valence-corrected chi connectivity index (χ0v) is 16.1. The predicted molar refractivity (Wildman–Crippen MR) is 109 cm³/mol. The van der Waals surface area contributed by atoms with Gasteiger partial charge in [-0.15, -0.1) is 0 Å². The fraction of sp³-hybridized carbons (Fsp3) is 0.250. The molecule has 1 fully saturated rings. The van der Waals surface area contributed by atoms with Crippen LogP contribution in [-0.4, -0.2) is 31.3 Å². The molecule has 0 saturated carbocycles. The molecule has 3 aromatic rings. The molecule has 0 amide bonds. The highest BCUT2D eigenvalue weighted by Gasteiger charge is 2.16. The summed E-state index contributed by atoms with van der Waals surface area (Å²) in [5, 5.41) is 4.74. The van der Waals surface area contributed by atoms with E-state index in [-0.39, 0.29) is 0 Å². The average molecular weight is 404 g/mol. The summed E-state index contributed by atoms with van der Waals surface area (Å²) in [4.78, 5) is 6.65. The lowest BCUT2D eigenvalue weighted by Gasteiger charge is -2.30. The van der Waals surface area contributed by atoms with E-state index < -0.39 is 0 Å². The Labute approximate surface area is 167 Å². The molecule has 1 N–H and O–H groups in total. The second-order valence-electron chi connectivity index (χ2n) is 6.24. The van der Waals surface area contributed by atoms with Crippen molar-refractivity contribution in [3.05, 3.63) is 64.6 Å². The highest BCUT2D eigenvalue weighted by molar-refractivity contribution is 6.31. The molecule has 0 aliphatic carbocycles. The molecule has 2 aromatic carbocycles. The summed E-state index contributed by atoms with van der Waals surface area (Å²) in [6.45, 7) is 3.62. The standard InChI is InChI=1S/C20H19Cl2N3O2/c21-15-3-1-2-14(10-15)19-12-24-20(27-19)13-23-17-11-16(22)4-5-18(17)25-6-8-26-9-7-25/h1-5,10-12,23H,6-9,13H2. The van der Waals surface area contributed by atoms with Crippen molar-refractivity contribution in [2.24, 2.45) is 0 Å². The monoisotopic (exact) mass is 403 g/mol. The van der Waals surface area contributed by atoms with Gasteiger partial charge in [0.15, 0.2) is 5.76 Å². The van der Waals surface area contributed by atoms with Gasteiger partial charge in [-0.1, -0.05) is 35.3 Å². The number of anilines is 2. The number of nitrogens with zero attached hydrogens (tertiary/aromatic N) is 2. The van der Waals surface area contributed by atoms with Crippen LogP contribution in [0.15, 0.2) is 53.1 Å². The van der Waals surface area contributed by atoms with Crippen LogP contribution in [0.1, 0.15) is 5.89 Å². The van der Waals surface area contributed by atoms with Gasteiger partial charge in [0, 0.05) is 28.7 Å². The van der Waals surface area contributed by atoms with Gasteiger partial charge in [0.05, 0.1) is 37.3 Å². The van der Waals surface area contributed by atoms with E-state index in [2.05, 4.69) is 15.2 Å². The highest BCUT2D eigenvalue weighted by Crippen LogP contribution is 2.30. The SMILES string of the molecule is Clc1cccc(-c2cnc(CNc3cc(Cl)ccc3N3CCOCC3)o2)c1. The van der Waals surface area contributed by atoms with Gasteiger partial charge >= 0.3 is 0 Å². The first-order valence-electron chi connectivity index (χ1n) is 8.76. The lowest BCUT2D eigenvalue weighted by molar-refractivity contribution is 0.123. The molecule has 1 saturated heterocycles. The molecule has 2 heterocycles. The smallest absolute Gasteiger partial charge is 0.214 e. The van der Waals surface area contributed by atoms with Gasteiger partial charge in [0.2, 0.25) is 5.89 Å². The van der Waals surface area contributed by atoms with E-state index in [1.165, 1.54) is 0 Å². The van der Waals surface area contributed by atoms with Gasteiger partial charge in [-0.2, -0.15) is 0 Å². The summed E-state index contributed by atoms with van der Waals surface area (Å²) in [5.41, 5.74) is 2.95. The molecule has 1 aliphatic rings. The Morgan fingerprint density at radius 2 is 1.85 bits per heavy atom. The Hall–Kier alpha value is -2.21. The third-order valence-electron chi connectivity index (χ3n) is 4.40. The lowest BCUT2D eigenvalue weighted by Crippen LogP contribution is -2.36. The van der Waals surface area contributed by atoms with Crippen molar-refractivity contribution in [2.75, 3.05) is 36.5 Å². The van der Waals surface area contributed by atoms with Crippen LogP contribution in [-0.2, 0) is 11.3 Å². The third kappa shape index (κ3) is 4.38. The highest BCUT2D eigenvalue weighted by atomic mass is 35.5. The molecule has 140 valence electrons. The number of hydrogen-bond acceptors (Lipinski definition) is 5. The Morgan fingerprint density at radius 1 is 1.04 bits per heavy atom. The summed E-state index contributed by atoms with van der Waals surface area (Å²) >= 11 is 12.3. The zero-order valence-electron chi connectivity index (χ0n) is 14.6. The number of oxazole rings is 1. The van der Waals surface area contributed by atoms with Crippen molar-refractivity contribution < 1.29 is 9.15 Å². The largest absolute Gasteiger partial charge is 0.439 e. The fourth-order valence-electron chi connectivity index (χ4n) is 3.07. The summed E-state index contributed by atoms with van der Waals surface area (Å²) in [6.07, 6.45) is 1.71. The van der Waals surface area contributed by atoms with E-state index in [4.69, 9.17) is 32.4 Å². The molecule has 0 unspecified atom stereocenters. The Morgan fingerprint density at radius 3 is 2.67 bits per heavy atom. The predicted octanol–water partition coefficient (Wildman–Crippen LogP) is 5.10. The first kappa shape index (κ1) is 18.2. The van der Waals surface area contributed by atoms with Crippen LogP contribution in [0.3, 0.4) is 0 Å². The van der Waals surface area contributed by atoms with Crippen LogP contribution < -0.4 is 10.2 Å². The van der Waals surface area contributed by atoms with Crippen LogP contribution in [0.25, 0.3) is 11.3 Å². The molecular weight excluding hydrogens is 385 g/mol. The quantitative estimate of drug-likeness (QED) is 0.642. The van der Waals surface area contributed by atoms with Crippen LogP contribution in [0, 0.1) is 0 Å². The minimum atomic E-state index is 0.457. The van der Waals surface area contributed by atoms with Crippen LogP contribution >= 0.6 is 23.2 Å². The first-order valence-corrected chi connectivity index (χ1v) is 9.51. The van der Waals surface area contributed by atoms with E-state index in [0.29, 0.717) is 28.2 Å². The molecule has 0 atom stereocenters. The van der Waals surface area contributed by atoms with Gasteiger partial charge in [0.25, 0.3) is 0 Å². The van der Waals surface area contributed by atoms with E-state index >= 15 is 0 Å². The van der Waals surface area contributed by atoms with Gasteiger partial charge in [-0.25, -0.2) is 4.98 Å². The second kappa shape index (κ2) is 8.21. The Kier molecular flexibility index (Phi) is 5.53. The zero-order chi connectivity index (χ0) is 18.6. The van der Waals surface area contributed by atoms with Crippen molar-refractivity contribution >= 4 is 34.6 Å². The summed E-state index contributed by atoms with van der Waals surface area (Å²) in [7, 11) is 0. The minimum absolute atomic E-state index is 0.457. The molecule has 4 rings (SSSR count). The summed E-state index contributed by atoms with van der Waals surface area (Å²) in [6, 6.07) is 13.4. The fourth-order valence-corrected chi connectivity index (χ4v) is 3.43. The first-order chi connectivity index (χ1) is 13.2. The third-order valence-corrected chi connectivity index (χ3v) is 4.87. The number of rotatable bonds is 5. The molecule has 0 spiro atoms. The number of morpholine rings is 1. The van der Waals surface area contributed by atoms with E-state index in [9.17, 15) is 0 Å². The second-order valence-corrected chi connectivity index (χ2v) is 7.12. The number of hydrogen-bond donors (Lipinski definition) is 1. The normalized spacial score (nSPS) is 14.4. The van der Waals surface area contributed by atoms with Gasteiger partial charge < -0.3 is 19.4 Å². The topological polar surface area (TPSA) is 50.5 Å². The van der Waals surface area contributed by atoms with Crippen LogP contribution in [0.5, 0.6) is 0 Å². The van der Waals surface area contributed by atoms with E-state index in [1.54, 1.807) is 6.20 Å². The Balaban J connectivity index is 1.50. The number of ether oxygens (including phenoxy) is 1. The maximum Gasteiger partial charge on any atom is 0.214 e. The number of halogens is 2. The molecule has 5 nitrogen and oxygen atoms in total. The van der Waals surface area contributed by atoms with Crippen molar-refractivity contribution in [3.8, 4) is 11.3 Å². The maximum atomic E-state index is 6.20. The number of aromatic nitrogens is 1. The van der Waals surface area contributed by atoms with Gasteiger partial charge in [-0.3, -0.25) is 0 Å². The van der Waals surface area contributed by atoms with Crippen molar-refractivity contribution in [1.82, 2.24) is 4.98 Å². The van der Waals surface area contributed by atoms with E-state index in [0.717, 1.165) is 43.2 Å².